The summed E-state index contributed by atoms with van der Waals surface area (Å²) in [5.74, 6) is 0. The third kappa shape index (κ3) is 5.77. The molecule has 65 heavy (non-hydrogen) atoms. The first kappa shape index (κ1) is 37.5. The molecule has 0 aromatic heterocycles. The molecule has 1 aliphatic rings. The van der Waals surface area contributed by atoms with Crippen molar-refractivity contribution in [1.82, 2.24) is 0 Å². The van der Waals surface area contributed by atoms with Crippen LogP contribution in [-0.2, 0) is 5.41 Å². The molecule has 0 nitrogen and oxygen atoms in total. The zero-order valence-electron chi connectivity index (χ0n) is 36.4. The van der Waals surface area contributed by atoms with Crippen molar-refractivity contribution in [2.45, 2.75) is 19.3 Å². The molecule has 304 valence electrons. The maximum Gasteiger partial charge on any atom is 0.0159 e. The van der Waals surface area contributed by atoms with Crippen LogP contribution in [0.2, 0.25) is 0 Å². The van der Waals surface area contributed by atoms with Gasteiger partial charge in [-0.1, -0.05) is 226 Å². The second kappa shape index (κ2) is 14.5. The van der Waals surface area contributed by atoms with Crippen LogP contribution < -0.4 is 0 Å². The van der Waals surface area contributed by atoms with Gasteiger partial charge in [0.15, 0.2) is 0 Å². The molecule has 0 unspecified atom stereocenters. The molecule has 12 aromatic carbocycles. The van der Waals surface area contributed by atoms with E-state index in [-0.39, 0.29) is 5.41 Å². The van der Waals surface area contributed by atoms with Crippen LogP contribution in [0.5, 0.6) is 0 Å². The van der Waals surface area contributed by atoms with E-state index < -0.39 is 0 Å². The molecule has 0 heterocycles. The largest absolute Gasteiger partial charge is 0.0622 e. The summed E-state index contributed by atoms with van der Waals surface area (Å²) in [6.45, 7) is 4.74. The lowest BCUT2D eigenvalue weighted by atomic mass is 9.80. The van der Waals surface area contributed by atoms with Crippen molar-refractivity contribution in [3.63, 3.8) is 0 Å². The van der Waals surface area contributed by atoms with E-state index in [1.54, 1.807) is 0 Å². The Balaban J connectivity index is 0.889. The first-order chi connectivity index (χ1) is 32.0. The van der Waals surface area contributed by atoms with E-state index in [1.807, 2.05) is 0 Å². The van der Waals surface area contributed by atoms with Gasteiger partial charge < -0.3 is 0 Å². The standard InChI is InChI=1S/C65H44/c1-65(2)59-27-15-14-18-49(59)50-37-36-48(40-60(50)65)64-57-25-12-10-23-55(57)63(56-24-11-13-26-58(56)64)47-35-34-45-38-44(32-33-46(45)39-47)41-28-30-43(31-29-41)62-53-21-8-6-19-51(53)61(42-16-4-3-5-17-42)52-20-7-9-22-54(52)62/h3-40H,1-2H3. The monoisotopic (exact) mass is 824 g/mol. The molecule has 0 N–H and O–H groups in total. The van der Waals surface area contributed by atoms with Gasteiger partial charge in [-0.3, -0.25) is 0 Å². The predicted octanol–water partition coefficient (Wildman–Crippen LogP) is 18.1. The van der Waals surface area contributed by atoms with E-state index >= 15 is 0 Å². The summed E-state index contributed by atoms with van der Waals surface area (Å²) in [4.78, 5) is 0. The minimum atomic E-state index is -0.0670. The third-order valence-electron chi connectivity index (χ3n) is 14.4. The molecule has 0 aliphatic heterocycles. The van der Waals surface area contributed by atoms with Crippen LogP contribution in [0.4, 0.5) is 0 Å². The molecule has 13 rings (SSSR count). The minimum Gasteiger partial charge on any atom is -0.0622 e. The normalized spacial score (nSPS) is 12.9. The average Bonchev–Trinajstić information content (AvgIpc) is 3.59. The molecule has 0 fully saturated rings. The molecule has 1 aliphatic carbocycles. The van der Waals surface area contributed by atoms with E-state index in [1.165, 1.54) is 132 Å². The van der Waals surface area contributed by atoms with E-state index in [9.17, 15) is 0 Å². The molecule has 0 bridgehead atoms. The Morgan fingerprint density at radius 2 is 0.569 bits per heavy atom. The van der Waals surface area contributed by atoms with Gasteiger partial charge >= 0.3 is 0 Å². The summed E-state index contributed by atoms with van der Waals surface area (Å²) >= 11 is 0. The number of hydrogen-bond donors (Lipinski definition) is 0. The van der Waals surface area contributed by atoms with Gasteiger partial charge in [0, 0.05) is 5.41 Å². The summed E-state index contributed by atoms with van der Waals surface area (Å²) in [5, 5.41) is 12.7. The van der Waals surface area contributed by atoms with Crippen molar-refractivity contribution in [1.29, 1.82) is 0 Å². The molecule has 12 aromatic rings. The summed E-state index contributed by atoms with van der Waals surface area (Å²) in [6, 6.07) is 85.9. The smallest absolute Gasteiger partial charge is 0.0159 e. The molecule has 0 heteroatoms. The second-order valence-corrected chi connectivity index (χ2v) is 18.3. The number of benzene rings is 12. The zero-order chi connectivity index (χ0) is 43.2. The summed E-state index contributed by atoms with van der Waals surface area (Å²) in [5.41, 5.74) is 18.0. The van der Waals surface area contributed by atoms with Crippen molar-refractivity contribution in [3.05, 3.63) is 242 Å². The Bertz CT molecular complexity index is 3770. The van der Waals surface area contributed by atoms with E-state index in [2.05, 4.69) is 244 Å². The zero-order valence-corrected chi connectivity index (χ0v) is 36.4. The first-order valence-corrected chi connectivity index (χ1v) is 22.8. The fourth-order valence-electron chi connectivity index (χ4n) is 11.4. The maximum atomic E-state index is 2.47. The highest BCUT2D eigenvalue weighted by Crippen LogP contribution is 2.52. The van der Waals surface area contributed by atoms with Crippen molar-refractivity contribution in [2.24, 2.45) is 0 Å². The minimum absolute atomic E-state index is 0.0670. The molecule has 0 atom stereocenters. The summed E-state index contributed by atoms with van der Waals surface area (Å²) < 4.78 is 0. The van der Waals surface area contributed by atoms with Gasteiger partial charge in [0.1, 0.15) is 0 Å². The number of fused-ring (bicyclic) bond motifs is 8. The summed E-state index contributed by atoms with van der Waals surface area (Å²) in [6.07, 6.45) is 0. The quantitative estimate of drug-likeness (QED) is 0.152. The highest BCUT2D eigenvalue weighted by Gasteiger charge is 2.35. The molecule has 0 saturated heterocycles. The number of hydrogen-bond acceptors (Lipinski definition) is 0. The van der Waals surface area contributed by atoms with Crippen molar-refractivity contribution >= 4 is 53.9 Å². The van der Waals surface area contributed by atoms with Crippen molar-refractivity contribution in [2.75, 3.05) is 0 Å². The second-order valence-electron chi connectivity index (χ2n) is 18.3. The topological polar surface area (TPSA) is 0 Å². The SMILES string of the molecule is CC1(C)c2ccccc2-c2ccc(-c3c4ccccc4c(-c4ccc5cc(-c6ccc(-c7c8ccccc8c(-c8ccccc8)c8ccccc78)cc6)ccc5c4)c4ccccc34)cc21. The molecular weight excluding hydrogens is 781 g/mol. The average molecular weight is 825 g/mol. The Hall–Kier alpha value is -8.06. The van der Waals surface area contributed by atoms with Gasteiger partial charge in [-0.05, 0) is 150 Å². The van der Waals surface area contributed by atoms with Crippen LogP contribution in [0.25, 0.3) is 121 Å². The third-order valence-corrected chi connectivity index (χ3v) is 14.4. The maximum absolute atomic E-state index is 2.47. The van der Waals surface area contributed by atoms with Crippen LogP contribution in [0.3, 0.4) is 0 Å². The van der Waals surface area contributed by atoms with Crippen molar-refractivity contribution in [3.8, 4) is 66.8 Å². The molecular formula is C65H44. The van der Waals surface area contributed by atoms with Crippen molar-refractivity contribution < 1.29 is 0 Å². The van der Waals surface area contributed by atoms with Crippen LogP contribution in [0.1, 0.15) is 25.0 Å². The van der Waals surface area contributed by atoms with Crippen LogP contribution in [0, 0.1) is 0 Å². The lowest BCUT2D eigenvalue weighted by Crippen LogP contribution is -2.14. The predicted molar refractivity (Wildman–Crippen MR) is 279 cm³/mol. The Labute approximate surface area is 379 Å². The van der Waals surface area contributed by atoms with E-state index in [0.29, 0.717) is 0 Å². The highest BCUT2D eigenvalue weighted by atomic mass is 14.4. The molecule has 0 amide bonds. The highest BCUT2D eigenvalue weighted by molar-refractivity contribution is 6.23. The lowest BCUT2D eigenvalue weighted by molar-refractivity contribution is 0.660. The molecule has 0 radical (unpaired) electrons. The Kier molecular flexibility index (Phi) is 8.36. The Morgan fingerprint density at radius 1 is 0.231 bits per heavy atom. The summed E-state index contributed by atoms with van der Waals surface area (Å²) in [7, 11) is 0. The van der Waals surface area contributed by atoms with Gasteiger partial charge in [-0.2, -0.15) is 0 Å². The van der Waals surface area contributed by atoms with Gasteiger partial charge in [-0.15, -0.1) is 0 Å². The fourth-order valence-corrected chi connectivity index (χ4v) is 11.4. The van der Waals surface area contributed by atoms with E-state index in [4.69, 9.17) is 0 Å². The fraction of sp³-hybridized carbons (Fsp3) is 0.0462. The van der Waals surface area contributed by atoms with Gasteiger partial charge in [0.2, 0.25) is 0 Å². The van der Waals surface area contributed by atoms with Crippen LogP contribution >= 0.6 is 0 Å². The lowest BCUT2D eigenvalue weighted by Gasteiger charge is -2.23. The van der Waals surface area contributed by atoms with Gasteiger partial charge in [-0.25, -0.2) is 0 Å². The molecule has 0 saturated carbocycles. The van der Waals surface area contributed by atoms with Crippen LogP contribution in [0.15, 0.2) is 231 Å². The number of rotatable bonds is 5. The van der Waals surface area contributed by atoms with Gasteiger partial charge in [0.25, 0.3) is 0 Å². The molecule has 0 spiro atoms. The van der Waals surface area contributed by atoms with Gasteiger partial charge in [0.05, 0.1) is 0 Å². The first-order valence-electron chi connectivity index (χ1n) is 22.8. The van der Waals surface area contributed by atoms with E-state index in [0.717, 1.165) is 0 Å². The van der Waals surface area contributed by atoms with Crippen LogP contribution in [-0.4, -0.2) is 0 Å². The Morgan fingerprint density at radius 3 is 1.09 bits per heavy atom.